The van der Waals surface area contributed by atoms with Crippen LogP contribution in [0.3, 0.4) is 0 Å². The first-order valence-corrected chi connectivity index (χ1v) is 13.2. The van der Waals surface area contributed by atoms with E-state index in [2.05, 4.69) is 4.90 Å². The van der Waals surface area contributed by atoms with E-state index in [9.17, 15) is 24.2 Å². The van der Waals surface area contributed by atoms with Crippen LogP contribution in [-0.2, 0) is 11.3 Å². The number of rotatable bonds is 9. The summed E-state index contributed by atoms with van der Waals surface area (Å²) in [5, 5.41) is 20.5. The summed E-state index contributed by atoms with van der Waals surface area (Å²) in [4.78, 5) is 27.8. The van der Waals surface area contributed by atoms with Gasteiger partial charge in [0.15, 0.2) is 11.6 Å². The highest BCUT2D eigenvalue weighted by Crippen LogP contribution is 2.41. The molecular weight excluding hydrogens is 510 g/mol. The number of benzene rings is 2. The van der Waals surface area contributed by atoms with E-state index >= 15 is 4.39 Å². The Morgan fingerprint density at radius 1 is 1.21 bits per heavy atom. The molecule has 0 spiro atoms. The lowest BCUT2D eigenvalue weighted by atomic mass is 9.87. The summed E-state index contributed by atoms with van der Waals surface area (Å²) in [5.74, 6) is -3.74. The summed E-state index contributed by atoms with van der Waals surface area (Å²) in [7, 11) is 0. The molecule has 2 N–H and O–H groups in total. The minimum atomic E-state index is -1.32. The summed E-state index contributed by atoms with van der Waals surface area (Å²) in [6.45, 7) is 2.12. The molecule has 1 aliphatic heterocycles. The van der Waals surface area contributed by atoms with E-state index in [0.29, 0.717) is 19.5 Å². The van der Waals surface area contributed by atoms with Crippen LogP contribution < -0.4 is 10.2 Å². The van der Waals surface area contributed by atoms with Crippen molar-refractivity contribution < 1.29 is 33.3 Å². The fourth-order valence-corrected chi connectivity index (χ4v) is 5.27. The smallest absolute Gasteiger partial charge is 0.343 e. The summed E-state index contributed by atoms with van der Waals surface area (Å²) < 4.78 is 42.7. The Morgan fingerprint density at radius 2 is 1.95 bits per heavy atom. The Balaban J connectivity index is 1.53. The van der Waals surface area contributed by atoms with E-state index < -0.39 is 47.0 Å². The van der Waals surface area contributed by atoms with Crippen molar-refractivity contribution in [3.63, 3.8) is 0 Å². The number of fused-ring (bicyclic) bond motifs is 1. The van der Waals surface area contributed by atoms with Gasteiger partial charge in [0.1, 0.15) is 12.2 Å². The standard InChI is InChI=1S/C29H32F2N2O6/c1-2-38-28(36)22-15-33(19-8-9-19)25-21(26(22)35)12-23(30)24(31)27(25)39-16-20-13-29(37,17-34)10-11-32(20)14-18-6-4-3-5-7-18/h3-7,12,15,19-20,34,37H,2,8-11,13-14,16-17H2,1H3. The molecule has 1 saturated heterocycles. The second kappa shape index (κ2) is 11.0. The maximum Gasteiger partial charge on any atom is 0.343 e. The third kappa shape index (κ3) is 5.54. The minimum Gasteiger partial charge on any atom is -0.487 e. The molecule has 2 aromatic carbocycles. The summed E-state index contributed by atoms with van der Waals surface area (Å²) in [6, 6.07) is 9.96. The number of aliphatic hydroxyl groups excluding tert-OH is 1. The number of esters is 1. The first-order chi connectivity index (χ1) is 18.7. The van der Waals surface area contributed by atoms with Crippen LogP contribution in [-0.4, -0.2) is 63.7 Å². The summed E-state index contributed by atoms with van der Waals surface area (Å²) >= 11 is 0. The molecule has 8 nitrogen and oxygen atoms in total. The number of aliphatic hydroxyl groups is 2. The van der Waals surface area contributed by atoms with Crippen LogP contribution in [0.15, 0.2) is 47.4 Å². The summed E-state index contributed by atoms with van der Waals surface area (Å²) in [5.41, 5.74) is -1.22. The van der Waals surface area contributed by atoms with Crippen LogP contribution in [0.5, 0.6) is 5.75 Å². The lowest BCUT2D eigenvalue weighted by Crippen LogP contribution is -2.53. The second-order valence-electron chi connectivity index (χ2n) is 10.4. The molecule has 0 bridgehead atoms. The number of likely N-dealkylation sites (tertiary alicyclic amines) is 1. The number of carbonyl (C=O) groups is 1. The highest BCUT2D eigenvalue weighted by atomic mass is 19.2. The number of carbonyl (C=O) groups excluding carboxylic acids is 1. The molecule has 0 amide bonds. The molecule has 208 valence electrons. The van der Waals surface area contributed by atoms with Crippen molar-refractivity contribution in [1.82, 2.24) is 9.47 Å². The minimum absolute atomic E-state index is 0.0624. The molecule has 2 aliphatic rings. The number of halogens is 2. The van der Waals surface area contributed by atoms with Crippen molar-refractivity contribution in [2.24, 2.45) is 0 Å². The fraction of sp³-hybridized carbons (Fsp3) is 0.448. The zero-order chi connectivity index (χ0) is 27.7. The molecule has 2 heterocycles. The Kier molecular flexibility index (Phi) is 7.70. The van der Waals surface area contributed by atoms with Crippen LogP contribution in [0.1, 0.15) is 54.6 Å². The van der Waals surface area contributed by atoms with Gasteiger partial charge in [0.25, 0.3) is 0 Å². The normalized spacial score (nSPS) is 21.7. The highest BCUT2D eigenvalue weighted by molar-refractivity contribution is 5.95. The Bertz CT molecular complexity index is 1430. The molecule has 3 aromatic rings. The molecule has 5 rings (SSSR count). The van der Waals surface area contributed by atoms with Crippen molar-refractivity contribution in [2.75, 3.05) is 26.4 Å². The number of pyridine rings is 1. The second-order valence-corrected chi connectivity index (χ2v) is 10.4. The zero-order valence-corrected chi connectivity index (χ0v) is 21.7. The highest BCUT2D eigenvalue weighted by Gasteiger charge is 2.39. The zero-order valence-electron chi connectivity index (χ0n) is 21.7. The first kappa shape index (κ1) is 27.2. The molecule has 1 aliphatic carbocycles. The van der Waals surface area contributed by atoms with Gasteiger partial charge in [-0.15, -0.1) is 0 Å². The van der Waals surface area contributed by atoms with E-state index in [0.717, 1.165) is 24.5 Å². The third-order valence-electron chi connectivity index (χ3n) is 7.54. The summed E-state index contributed by atoms with van der Waals surface area (Å²) in [6.07, 6.45) is 3.35. The lowest BCUT2D eigenvalue weighted by molar-refractivity contribution is -0.0873. The SMILES string of the molecule is CCOC(=O)c1cn(C2CC2)c2c(OCC3CC(O)(CO)CCN3Cc3ccccc3)c(F)c(F)cc2c1=O. The maximum absolute atomic E-state index is 15.3. The van der Waals surface area contributed by atoms with Gasteiger partial charge in [0.2, 0.25) is 11.2 Å². The van der Waals surface area contributed by atoms with E-state index in [4.69, 9.17) is 9.47 Å². The van der Waals surface area contributed by atoms with Crippen molar-refractivity contribution >= 4 is 16.9 Å². The quantitative estimate of drug-likeness (QED) is 0.399. The molecule has 2 atom stereocenters. The molecule has 0 radical (unpaired) electrons. The Morgan fingerprint density at radius 3 is 2.62 bits per heavy atom. The largest absolute Gasteiger partial charge is 0.487 e. The first-order valence-electron chi connectivity index (χ1n) is 13.2. The van der Waals surface area contributed by atoms with E-state index in [1.54, 1.807) is 11.5 Å². The molecular formula is C29H32F2N2O6. The van der Waals surface area contributed by atoms with E-state index in [1.165, 1.54) is 6.20 Å². The average molecular weight is 543 g/mol. The molecule has 2 fully saturated rings. The molecule has 2 unspecified atom stereocenters. The van der Waals surface area contributed by atoms with Crippen LogP contribution in [0, 0.1) is 11.6 Å². The number of hydrogen-bond donors (Lipinski definition) is 2. The van der Waals surface area contributed by atoms with Crippen molar-refractivity contribution in [2.45, 2.75) is 56.8 Å². The van der Waals surface area contributed by atoms with Crippen LogP contribution in [0.25, 0.3) is 10.9 Å². The number of piperidine rings is 1. The van der Waals surface area contributed by atoms with Gasteiger partial charge in [-0.2, -0.15) is 4.39 Å². The predicted octanol–water partition coefficient (Wildman–Crippen LogP) is 3.56. The van der Waals surface area contributed by atoms with Gasteiger partial charge in [-0.1, -0.05) is 30.3 Å². The van der Waals surface area contributed by atoms with E-state index in [1.807, 2.05) is 30.3 Å². The monoisotopic (exact) mass is 542 g/mol. The Labute approximate surface area is 224 Å². The van der Waals surface area contributed by atoms with E-state index in [-0.39, 0.29) is 42.1 Å². The van der Waals surface area contributed by atoms with Gasteiger partial charge < -0.3 is 24.3 Å². The van der Waals surface area contributed by atoms with Gasteiger partial charge in [-0.25, -0.2) is 9.18 Å². The third-order valence-corrected chi connectivity index (χ3v) is 7.54. The van der Waals surface area contributed by atoms with Crippen molar-refractivity contribution in [1.29, 1.82) is 0 Å². The molecule has 1 aromatic heterocycles. The average Bonchev–Trinajstić information content (AvgIpc) is 3.77. The van der Waals surface area contributed by atoms with Crippen LogP contribution in [0.2, 0.25) is 0 Å². The van der Waals surface area contributed by atoms with Crippen LogP contribution >= 0.6 is 0 Å². The number of hydrogen-bond acceptors (Lipinski definition) is 7. The predicted molar refractivity (Wildman–Crippen MR) is 140 cm³/mol. The number of nitrogens with zero attached hydrogens (tertiary/aromatic N) is 2. The van der Waals surface area contributed by atoms with Crippen molar-refractivity contribution in [3.05, 3.63) is 75.6 Å². The van der Waals surface area contributed by atoms with Gasteiger partial charge in [0.05, 0.1) is 29.7 Å². The van der Waals surface area contributed by atoms with Gasteiger partial charge in [-0.3, -0.25) is 9.69 Å². The fourth-order valence-electron chi connectivity index (χ4n) is 5.27. The maximum atomic E-state index is 15.3. The van der Waals surface area contributed by atoms with Gasteiger partial charge >= 0.3 is 5.97 Å². The molecule has 1 saturated carbocycles. The number of aromatic nitrogens is 1. The van der Waals surface area contributed by atoms with Gasteiger partial charge in [-0.05, 0) is 44.2 Å². The van der Waals surface area contributed by atoms with Crippen molar-refractivity contribution in [3.8, 4) is 5.75 Å². The lowest BCUT2D eigenvalue weighted by Gasteiger charge is -2.43. The number of ether oxygens (including phenoxy) is 2. The van der Waals surface area contributed by atoms with Gasteiger partial charge in [0, 0.05) is 31.4 Å². The molecule has 10 heteroatoms. The Hall–Kier alpha value is -3.34. The van der Waals surface area contributed by atoms with Crippen LogP contribution in [0.4, 0.5) is 8.78 Å². The molecule has 39 heavy (non-hydrogen) atoms. The topological polar surface area (TPSA) is 101 Å².